The summed E-state index contributed by atoms with van der Waals surface area (Å²) in [6.07, 6.45) is 13.6. The van der Waals surface area contributed by atoms with Gasteiger partial charge in [0.05, 0.1) is 17.9 Å². The first-order chi connectivity index (χ1) is 13.7. The van der Waals surface area contributed by atoms with E-state index in [0.717, 1.165) is 49.8 Å². The predicted octanol–water partition coefficient (Wildman–Crippen LogP) is 4.41. The molecule has 0 saturated heterocycles. The molecule has 1 heterocycles. The number of hydrogen-bond acceptors (Lipinski definition) is 3. The maximum Gasteiger partial charge on any atom is 0.0809 e. The SMILES string of the molecule is Cc1nn(C)cc1/C=C1\C[C@@H]2[C@H]3CC=C4C[C@@H](O)CC[C@]4(C)[C@@H]3CC[C@@]2(C)[C@@H]1O. The van der Waals surface area contributed by atoms with Gasteiger partial charge >= 0.3 is 0 Å². The topological polar surface area (TPSA) is 58.3 Å². The molecule has 0 radical (unpaired) electrons. The largest absolute Gasteiger partial charge is 0.393 e. The molecule has 29 heavy (non-hydrogen) atoms. The van der Waals surface area contributed by atoms with Gasteiger partial charge in [0.2, 0.25) is 0 Å². The predicted molar refractivity (Wildman–Crippen MR) is 115 cm³/mol. The van der Waals surface area contributed by atoms with Crippen molar-refractivity contribution in [1.29, 1.82) is 0 Å². The number of aryl methyl sites for hydroxylation is 2. The number of fused-ring (bicyclic) bond motifs is 5. The van der Waals surface area contributed by atoms with E-state index >= 15 is 0 Å². The molecule has 7 atom stereocenters. The third kappa shape index (κ3) is 2.82. The van der Waals surface area contributed by atoms with Crippen LogP contribution in [0.3, 0.4) is 0 Å². The highest BCUT2D eigenvalue weighted by molar-refractivity contribution is 5.57. The van der Waals surface area contributed by atoms with Crippen LogP contribution in [0, 0.1) is 35.5 Å². The van der Waals surface area contributed by atoms with Crippen molar-refractivity contribution in [2.24, 2.45) is 35.6 Å². The smallest absolute Gasteiger partial charge is 0.0809 e. The Morgan fingerprint density at radius 3 is 2.66 bits per heavy atom. The van der Waals surface area contributed by atoms with E-state index in [1.165, 1.54) is 17.6 Å². The van der Waals surface area contributed by atoms with Gasteiger partial charge < -0.3 is 10.2 Å². The zero-order chi connectivity index (χ0) is 20.6. The van der Waals surface area contributed by atoms with Crippen molar-refractivity contribution in [3.63, 3.8) is 0 Å². The van der Waals surface area contributed by atoms with Crippen molar-refractivity contribution >= 4 is 6.08 Å². The van der Waals surface area contributed by atoms with E-state index in [1.807, 2.05) is 18.7 Å². The first-order valence-electron chi connectivity index (χ1n) is 11.5. The molecule has 0 amide bonds. The lowest BCUT2D eigenvalue weighted by Gasteiger charge is -2.57. The van der Waals surface area contributed by atoms with Crippen molar-refractivity contribution < 1.29 is 10.2 Å². The van der Waals surface area contributed by atoms with Gasteiger partial charge in [-0.15, -0.1) is 0 Å². The summed E-state index contributed by atoms with van der Waals surface area (Å²) < 4.78 is 1.86. The Morgan fingerprint density at radius 1 is 1.14 bits per heavy atom. The Kier molecular flexibility index (Phi) is 4.42. The molecule has 0 spiro atoms. The van der Waals surface area contributed by atoms with Crippen LogP contribution in [0.25, 0.3) is 6.08 Å². The van der Waals surface area contributed by atoms with Gasteiger partial charge in [0, 0.05) is 24.2 Å². The van der Waals surface area contributed by atoms with Gasteiger partial charge in [0.25, 0.3) is 0 Å². The van der Waals surface area contributed by atoms with Crippen LogP contribution in [0.2, 0.25) is 0 Å². The molecule has 4 heteroatoms. The molecule has 1 aromatic rings. The molecule has 3 fully saturated rings. The first-order valence-corrected chi connectivity index (χ1v) is 11.5. The second-order valence-electron chi connectivity index (χ2n) is 10.9. The number of rotatable bonds is 1. The molecule has 1 aromatic heterocycles. The normalized spacial score (nSPS) is 45.5. The van der Waals surface area contributed by atoms with Gasteiger partial charge in [-0.3, -0.25) is 4.68 Å². The van der Waals surface area contributed by atoms with Gasteiger partial charge in [0.15, 0.2) is 0 Å². The van der Waals surface area contributed by atoms with Crippen LogP contribution >= 0.6 is 0 Å². The highest BCUT2D eigenvalue weighted by Crippen LogP contribution is 2.65. The lowest BCUT2D eigenvalue weighted by molar-refractivity contribution is -0.0685. The van der Waals surface area contributed by atoms with Crippen molar-refractivity contribution in [2.45, 2.75) is 77.9 Å². The molecule has 0 unspecified atom stereocenters. The maximum absolute atomic E-state index is 11.4. The summed E-state index contributed by atoms with van der Waals surface area (Å²) in [4.78, 5) is 0. The average molecular weight is 397 g/mol. The Morgan fingerprint density at radius 2 is 1.93 bits per heavy atom. The van der Waals surface area contributed by atoms with E-state index < -0.39 is 0 Å². The lowest BCUT2D eigenvalue weighted by Crippen LogP contribution is -2.51. The highest BCUT2D eigenvalue weighted by atomic mass is 16.3. The minimum absolute atomic E-state index is 0.0149. The Bertz CT molecular complexity index is 883. The van der Waals surface area contributed by atoms with Gasteiger partial charge in [0.1, 0.15) is 0 Å². The summed E-state index contributed by atoms with van der Waals surface area (Å²) in [5, 5.41) is 26.0. The number of nitrogens with zero attached hydrogens (tertiary/aromatic N) is 2. The second kappa shape index (κ2) is 6.55. The van der Waals surface area contributed by atoms with Crippen LogP contribution in [-0.2, 0) is 7.05 Å². The van der Waals surface area contributed by atoms with Gasteiger partial charge in [-0.1, -0.05) is 25.5 Å². The summed E-state index contributed by atoms with van der Waals surface area (Å²) in [6, 6.07) is 0. The van der Waals surface area contributed by atoms with E-state index in [4.69, 9.17) is 0 Å². The van der Waals surface area contributed by atoms with Crippen molar-refractivity contribution in [3.8, 4) is 0 Å². The van der Waals surface area contributed by atoms with Crippen molar-refractivity contribution in [1.82, 2.24) is 9.78 Å². The number of aromatic nitrogens is 2. The van der Waals surface area contributed by atoms with Gasteiger partial charge in [-0.05, 0) is 86.7 Å². The zero-order valence-corrected chi connectivity index (χ0v) is 18.4. The number of aliphatic hydroxyl groups is 2. The monoisotopic (exact) mass is 396 g/mol. The molecule has 0 aromatic carbocycles. The molecule has 5 rings (SSSR count). The number of aliphatic hydroxyl groups excluding tert-OH is 2. The number of allylic oxidation sites excluding steroid dienone is 1. The van der Waals surface area contributed by atoms with Crippen LogP contribution in [0.15, 0.2) is 23.4 Å². The van der Waals surface area contributed by atoms with Gasteiger partial charge in [-0.25, -0.2) is 0 Å². The Labute approximate surface area is 174 Å². The molecular weight excluding hydrogens is 360 g/mol. The van der Waals surface area contributed by atoms with E-state index in [2.05, 4.69) is 37.3 Å². The molecule has 3 saturated carbocycles. The summed E-state index contributed by atoms with van der Waals surface area (Å²) in [7, 11) is 1.96. The maximum atomic E-state index is 11.4. The van der Waals surface area contributed by atoms with Crippen LogP contribution in [0.1, 0.15) is 70.1 Å². The number of hydrogen-bond donors (Lipinski definition) is 2. The minimum atomic E-state index is -0.348. The molecule has 0 bridgehead atoms. The van der Waals surface area contributed by atoms with E-state index in [0.29, 0.717) is 17.8 Å². The molecule has 4 aliphatic carbocycles. The fourth-order valence-corrected chi connectivity index (χ4v) is 7.60. The quantitative estimate of drug-likeness (QED) is 0.692. The average Bonchev–Trinajstić information content (AvgIpc) is 3.12. The van der Waals surface area contributed by atoms with Crippen LogP contribution in [-0.4, -0.2) is 32.2 Å². The van der Waals surface area contributed by atoms with Crippen molar-refractivity contribution in [3.05, 3.63) is 34.7 Å². The summed E-state index contributed by atoms with van der Waals surface area (Å²) in [5.41, 5.74) is 5.12. The molecule has 0 aliphatic heterocycles. The first kappa shape index (κ1) is 19.6. The zero-order valence-electron chi connectivity index (χ0n) is 18.4. The fraction of sp³-hybridized carbons (Fsp3) is 0.720. The molecule has 158 valence electrons. The third-order valence-corrected chi connectivity index (χ3v) is 9.34. The molecule has 4 nitrogen and oxygen atoms in total. The van der Waals surface area contributed by atoms with Gasteiger partial charge in [-0.2, -0.15) is 5.10 Å². The van der Waals surface area contributed by atoms with Crippen LogP contribution in [0.5, 0.6) is 0 Å². The summed E-state index contributed by atoms with van der Waals surface area (Å²) in [6.45, 7) is 6.84. The lowest BCUT2D eigenvalue weighted by atomic mass is 9.48. The third-order valence-electron chi connectivity index (χ3n) is 9.34. The van der Waals surface area contributed by atoms with E-state index in [9.17, 15) is 10.2 Å². The Hall–Kier alpha value is -1.39. The molecule has 2 N–H and O–H groups in total. The highest BCUT2D eigenvalue weighted by Gasteiger charge is 2.59. The fourth-order valence-electron chi connectivity index (χ4n) is 7.60. The van der Waals surface area contributed by atoms with Crippen LogP contribution in [0.4, 0.5) is 0 Å². The van der Waals surface area contributed by atoms with Crippen LogP contribution < -0.4 is 0 Å². The Balaban J connectivity index is 1.48. The standard InChI is InChI=1S/C25H36N2O2/c1-15-17(14-27(4)26-15)11-16-12-22-20-6-5-18-13-19(28)7-9-24(18,2)21(20)8-10-25(22,3)23(16)29/h5,11,14,19-23,28-29H,6-10,12-13H2,1-4H3/b16-11+/t19-,20-,21+,22+,23+,24-,25+/m0/s1. The summed E-state index contributed by atoms with van der Waals surface area (Å²) in [5.74, 6) is 1.88. The van der Waals surface area contributed by atoms with E-state index in [-0.39, 0.29) is 23.0 Å². The van der Waals surface area contributed by atoms with Crippen molar-refractivity contribution in [2.75, 3.05) is 0 Å². The molecular formula is C25H36N2O2. The minimum Gasteiger partial charge on any atom is -0.393 e. The second-order valence-corrected chi connectivity index (χ2v) is 10.9. The van der Waals surface area contributed by atoms with E-state index in [1.54, 1.807) is 0 Å². The summed E-state index contributed by atoms with van der Waals surface area (Å²) >= 11 is 0. The molecule has 4 aliphatic rings.